The first-order valence-corrected chi connectivity index (χ1v) is 7.22. The molecule has 1 aromatic rings. The number of rotatable bonds is 10. The molecule has 0 aliphatic carbocycles. The van der Waals surface area contributed by atoms with Gasteiger partial charge in [-0.1, -0.05) is 45.1 Å². The van der Waals surface area contributed by atoms with Crippen molar-refractivity contribution in [2.24, 2.45) is 0 Å². The standard InChI is InChI=1S/C16H26O3/c1-3-4-5-6-7-8-11-19-15-10-9-14(13-17)12-16(15)18-2/h9-10,12,17H,3-8,11,13H2,1-2H3. The summed E-state index contributed by atoms with van der Waals surface area (Å²) in [6.07, 6.45) is 7.52. The van der Waals surface area contributed by atoms with Gasteiger partial charge in [0.25, 0.3) is 0 Å². The number of ether oxygens (including phenoxy) is 2. The Kier molecular flexibility index (Phi) is 8.07. The van der Waals surface area contributed by atoms with Gasteiger partial charge in [-0.05, 0) is 24.1 Å². The van der Waals surface area contributed by atoms with Crippen molar-refractivity contribution in [1.82, 2.24) is 0 Å². The minimum Gasteiger partial charge on any atom is -0.493 e. The summed E-state index contributed by atoms with van der Waals surface area (Å²) in [6.45, 7) is 2.97. The summed E-state index contributed by atoms with van der Waals surface area (Å²) < 4.78 is 11.0. The third-order valence-electron chi connectivity index (χ3n) is 3.17. The van der Waals surface area contributed by atoms with Gasteiger partial charge in [-0.25, -0.2) is 0 Å². The van der Waals surface area contributed by atoms with Crippen molar-refractivity contribution in [2.45, 2.75) is 52.1 Å². The fourth-order valence-corrected chi connectivity index (χ4v) is 1.99. The summed E-state index contributed by atoms with van der Waals surface area (Å²) in [4.78, 5) is 0. The van der Waals surface area contributed by atoms with Crippen molar-refractivity contribution in [1.29, 1.82) is 0 Å². The lowest BCUT2D eigenvalue weighted by Crippen LogP contribution is -2.00. The molecule has 0 amide bonds. The van der Waals surface area contributed by atoms with Gasteiger partial charge in [-0.3, -0.25) is 0 Å². The number of hydrogen-bond donors (Lipinski definition) is 1. The summed E-state index contributed by atoms with van der Waals surface area (Å²) in [6, 6.07) is 5.54. The van der Waals surface area contributed by atoms with Gasteiger partial charge in [0.2, 0.25) is 0 Å². The van der Waals surface area contributed by atoms with E-state index in [0.29, 0.717) is 5.75 Å². The van der Waals surface area contributed by atoms with Crippen molar-refractivity contribution < 1.29 is 14.6 Å². The lowest BCUT2D eigenvalue weighted by Gasteiger charge is -2.11. The van der Waals surface area contributed by atoms with Crippen LogP contribution in [0.15, 0.2) is 18.2 Å². The molecule has 1 N–H and O–H groups in total. The van der Waals surface area contributed by atoms with E-state index in [4.69, 9.17) is 14.6 Å². The SMILES string of the molecule is CCCCCCCCOc1ccc(CO)cc1OC. The monoisotopic (exact) mass is 266 g/mol. The highest BCUT2D eigenvalue weighted by molar-refractivity contribution is 5.42. The third kappa shape index (κ3) is 5.97. The van der Waals surface area contributed by atoms with E-state index in [0.717, 1.165) is 24.3 Å². The third-order valence-corrected chi connectivity index (χ3v) is 3.17. The summed E-state index contributed by atoms with van der Waals surface area (Å²) in [5, 5.41) is 9.07. The second kappa shape index (κ2) is 9.68. The van der Waals surface area contributed by atoms with Crippen molar-refractivity contribution in [3.63, 3.8) is 0 Å². The Balaban J connectivity index is 2.28. The molecule has 108 valence electrons. The molecule has 0 atom stereocenters. The van der Waals surface area contributed by atoms with Crippen LogP contribution in [0, 0.1) is 0 Å². The maximum atomic E-state index is 9.07. The van der Waals surface area contributed by atoms with Gasteiger partial charge in [-0.15, -0.1) is 0 Å². The lowest BCUT2D eigenvalue weighted by molar-refractivity contribution is 0.274. The van der Waals surface area contributed by atoms with Crippen LogP contribution in [0.3, 0.4) is 0 Å². The Morgan fingerprint density at radius 2 is 1.74 bits per heavy atom. The summed E-state index contributed by atoms with van der Waals surface area (Å²) in [5.74, 6) is 1.45. The highest BCUT2D eigenvalue weighted by atomic mass is 16.5. The van der Waals surface area contributed by atoms with Gasteiger partial charge in [-0.2, -0.15) is 0 Å². The maximum absolute atomic E-state index is 9.07. The molecule has 0 heterocycles. The van der Waals surface area contributed by atoms with E-state index in [1.54, 1.807) is 7.11 Å². The van der Waals surface area contributed by atoms with E-state index in [-0.39, 0.29) is 6.61 Å². The highest BCUT2D eigenvalue weighted by Crippen LogP contribution is 2.28. The Labute approximate surface area is 116 Å². The number of benzene rings is 1. The van der Waals surface area contributed by atoms with Gasteiger partial charge in [0.05, 0.1) is 20.3 Å². The zero-order chi connectivity index (χ0) is 13.9. The second-order valence-electron chi connectivity index (χ2n) is 4.76. The van der Waals surface area contributed by atoms with Crippen LogP contribution in [0.1, 0.15) is 51.0 Å². The molecule has 0 aliphatic heterocycles. The quantitative estimate of drug-likeness (QED) is 0.652. The van der Waals surface area contributed by atoms with Crippen molar-refractivity contribution >= 4 is 0 Å². The minimum atomic E-state index is 0.0219. The van der Waals surface area contributed by atoms with Crippen LogP contribution >= 0.6 is 0 Å². The van der Waals surface area contributed by atoms with E-state index in [1.807, 2.05) is 18.2 Å². The Hall–Kier alpha value is -1.22. The van der Waals surface area contributed by atoms with Gasteiger partial charge < -0.3 is 14.6 Å². The largest absolute Gasteiger partial charge is 0.493 e. The normalized spacial score (nSPS) is 10.5. The molecule has 1 rings (SSSR count). The molecular weight excluding hydrogens is 240 g/mol. The zero-order valence-corrected chi connectivity index (χ0v) is 12.2. The number of unbranched alkanes of at least 4 members (excludes halogenated alkanes) is 5. The van der Waals surface area contributed by atoms with Crippen LogP contribution in [-0.4, -0.2) is 18.8 Å². The fraction of sp³-hybridized carbons (Fsp3) is 0.625. The van der Waals surface area contributed by atoms with Crippen LogP contribution in [0.25, 0.3) is 0 Å². The number of hydrogen-bond acceptors (Lipinski definition) is 3. The molecule has 19 heavy (non-hydrogen) atoms. The molecular formula is C16H26O3. The Morgan fingerprint density at radius 1 is 1.00 bits per heavy atom. The molecule has 3 heteroatoms. The number of aliphatic hydroxyl groups excluding tert-OH is 1. The predicted molar refractivity (Wildman–Crippen MR) is 77.8 cm³/mol. The van der Waals surface area contributed by atoms with Crippen LogP contribution in [-0.2, 0) is 6.61 Å². The molecule has 0 unspecified atom stereocenters. The van der Waals surface area contributed by atoms with Gasteiger partial charge in [0, 0.05) is 0 Å². The van der Waals surface area contributed by atoms with Gasteiger partial charge in [0.15, 0.2) is 11.5 Å². The Bertz CT molecular complexity index is 350. The summed E-state index contributed by atoms with van der Waals surface area (Å²) in [7, 11) is 1.62. The molecule has 0 radical (unpaired) electrons. The van der Waals surface area contributed by atoms with Gasteiger partial charge in [0.1, 0.15) is 0 Å². The van der Waals surface area contributed by atoms with Crippen LogP contribution in [0.4, 0.5) is 0 Å². The highest BCUT2D eigenvalue weighted by Gasteiger charge is 2.05. The van der Waals surface area contributed by atoms with Crippen LogP contribution in [0.5, 0.6) is 11.5 Å². The summed E-state index contributed by atoms with van der Waals surface area (Å²) >= 11 is 0. The average Bonchev–Trinajstić information content (AvgIpc) is 2.46. The van der Waals surface area contributed by atoms with E-state index in [1.165, 1.54) is 32.1 Å². The molecule has 0 aliphatic rings. The average molecular weight is 266 g/mol. The van der Waals surface area contributed by atoms with E-state index >= 15 is 0 Å². The number of aliphatic hydroxyl groups is 1. The molecule has 0 fully saturated rings. The van der Waals surface area contributed by atoms with Crippen LogP contribution < -0.4 is 9.47 Å². The first-order chi connectivity index (χ1) is 9.31. The van der Waals surface area contributed by atoms with E-state index in [9.17, 15) is 0 Å². The topological polar surface area (TPSA) is 38.7 Å². The molecule has 1 aromatic carbocycles. The minimum absolute atomic E-state index is 0.0219. The fourth-order valence-electron chi connectivity index (χ4n) is 1.99. The van der Waals surface area contributed by atoms with Crippen molar-refractivity contribution in [3.05, 3.63) is 23.8 Å². The molecule has 0 bridgehead atoms. The van der Waals surface area contributed by atoms with E-state index in [2.05, 4.69) is 6.92 Å². The smallest absolute Gasteiger partial charge is 0.161 e. The predicted octanol–water partition coefficient (Wildman–Crippen LogP) is 3.93. The maximum Gasteiger partial charge on any atom is 0.161 e. The molecule has 0 saturated heterocycles. The van der Waals surface area contributed by atoms with Crippen molar-refractivity contribution in [3.8, 4) is 11.5 Å². The van der Waals surface area contributed by atoms with Crippen LogP contribution in [0.2, 0.25) is 0 Å². The lowest BCUT2D eigenvalue weighted by atomic mass is 10.1. The first-order valence-electron chi connectivity index (χ1n) is 7.22. The molecule has 0 spiro atoms. The van der Waals surface area contributed by atoms with Gasteiger partial charge >= 0.3 is 0 Å². The zero-order valence-electron chi connectivity index (χ0n) is 12.2. The number of methoxy groups -OCH3 is 1. The van der Waals surface area contributed by atoms with E-state index < -0.39 is 0 Å². The molecule has 0 aromatic heterocycles. The van der Waals surface area contributed by atoms with Crippen molar-refractivity contribution in [2.75, 3.05) is 13.7 Å². The summed E-state index contributed by atoms with van der Waals surface area (Å²) in [5.41, 5.74) is 0.837. The molecule has 3 nitrogen and oxygen atoms in total. The first kappa shape index (κ1) is 15.8. The second-order valence-corrected chi connectivity index (χ2v) is 4.76. The molecule has 0 saturated carbocycles. The Morgan fingerprint density at radius 3 is 2.42 bits per heavy atom.